The Labute approximate surface area is 151 Å². The first-order valence-electron chi connectivity index (χ1n) is 7.72. The van der Waals surface area contributed by atoms with Gasteiger partial charge >= 0.3 is 0 Å². The number of nitrogens with one attached hydrogen (secondary N) is 2. The highest BCUT2D eigenvalue weighted by Crippen LogP contribution is 2.35. The number of sulfonamides is 1. The van der Waals surface area contributed by atoms with Gasteiger partial charge in [0.2, 0.25) is 10.0 Å². The number of phenolic OH excluding ortho intramolecular Hbond substituents is 3. The van der Waals surface area contributed by atoms with E-state index in [4.69, 9.17) is 0 Å². The molecule has 0 heterocycles. The molecule has 0 saturated carbocycles. The van der Waals surface area contributed by atoms with Crippen molar-refractivity contribution in [1.82, 2.24) is 10.0 Å². The van der Waals surface area contributed by atoms with Crippen LogP contribution in [0.4, 0.5) is 0 Å². The van der Waals surface area contributed by atoms with Crippen LogP contribution in [0.3, 0.4) is 0 Å². The first-order chi connectivity index (χ1) is 12.1. The van der Waals surface area contributed by atoms with E-state index in [9.17, 15) is 28.5 Å². The van der Waals surface area contributed by atoms with Gasteiger partial charge in [0.05, 0.1) is 4.90 Å². The number of aromatic hydroxyl groups is 3. The highest BCUT2D eigenvalue weighted by atomic mass is 32.2. The second-order valence-corrected chi connectivity index (χ2v) is 7.52. The Kier molecular flexibility index (Phi) is 5.73. The lowest BCUT2D eigenvalue weighted by atomic mass is 10.1. The van der Waals surface area contributed by atoms with Crippen molar-refractivity contribution in [3.8, 4) is 17.2 Å². The van der Waals surface area contributed by atoms with E-state index in [1.807, 2.05) is 6.07 Å². The molecule has 2 aromatic carbocycles. The molecule has 9 heteroatoms. The topological polar surface area (TPSA) is 136 Å². The third-order valence-corrected chi connectivity index (χ3v) is 5.27. The molecule has 5 N–H and O–H groups in total. The number of phenols is 3. The molecule has 0 aliphatic carbocycles. The minimum absolute atomic E-state index is 0.00860. The summed E-state index contributed by atoms with van der Waals surface area (Å²) in [5.74, 6) is -2.62. The maximum atomic E-state index is 12.3. The van der Waals surface area contributed by atoms with Crippen molar-refractivity contribution >= 4 is 15.9 Å². The Morgan fingerprint density at radius 3 is 2.23 bits per heavy atom. The van der Waals surface area contributed by atoms with Gasteiger partial charge in [-0.1, -0.05) is 12.1 Å². The molecule has 0 saturated heterocycles. The lowest BCUT2D eigenvalue weighted by Gasteiger charge is -2.11. The van der Waals surface area contributed by atoms with Gasteiger partial charge in [-0.05, 0) is 43.2 Å². The van der Waals surface area contributed by atoms with Crippen molar-refractivity contribution in [3.63, 3.8) is 0 Å². The molecule has 0 atom stereocenters. The van der Waals surface area contributed by atoms with Crippen LogP contribution in [0.1, 0.15) is 21.5 Å². The molecule has 26 heavy (non-hydrogen) atoms. The third kappa shape index (κ3) is 4.44. The van der Waals surface area contributed by atoms with E-state index in [2.05, 4.69) is 10.0 Å². The number of rotatable bonds is 6. The minimum Gasteiger partial charge on any atom is -0.504 e. The van der Waals surface area contributed by atoms with Crippen LogP contribution in [0.2, 0.25) is 0 Å². The van der Waals surface area contributed by atoms with Gasteiger partial charge in [-0.15, -0.1) is 0 Å². The van der Waals surface area contributed by atoms with Crippen molar-refractivity contribution in [2.75, 3.05) is 13.1 Å². The zero-order chi connectivity index (χ0) is 19.5. The molecule has 2 aromatic rings. The van der Waals surface area contributed by atoms with Gasteiger partial charge in [-0.2, -0.15) is 0 Å². The monoisotopic (exact) mass is 380 g/mol. The number of hydrogen-bond donors (Lipinski definition) is 5. The summed E-state index contributed by atoms with van der Waals surface area (Å²) in [5.41, 5.74) is 1.36. The summed E-state index contributed by atoms with van der Waals surface area (Å²) in [6.07, 6.45) is 0. The Bertz CT molecular complexity index is 917. The quantitative estimate of drug-likeness (QED) is 0.376. The SMILES string of the molecule is Cc1ccc(C)c(S(=O)(=O)NCCNC(=O)c2cc(O)c(O)c(O)c2)c1. The average Bonchev–Trinajstić information content (AvgIpc) is 2.58. The number of carbonyl (C=O) groups is 1. The molecule has 0 aliphatic rings. The van der Waals surface area contributed by atoms with Crippen molar-refractivity contribution in [2.24, 2.45) is 0 Å². The van der Waals surface area contributed by atoms with Crippen molar-refractivity contribution < 1.29 is 28.5 Å². The summed E-state index contributed by atoms with van der Waals surface area (Å²) in [6, 6.07) is 7.08. The van der Waals surface area contributed by atoms with Gasteiger partial charge in [0, 0.05) is 18.7 Å². The standard InChI is InChI=1S/C17H20N2O6S/c1-10-3-4-11(2)15(7-10)26(24,25)19-6-5-18-17(23)12-8-13(20)16(22)14(21)9-12/h3-4,7-9,19-22H,5-6H2,1-2H3,(H,18,23). The Morgan fingerprint density at radius 2 is 1.62 bits per heavy atom. The number of hydrogen-bond acceptors (Lipinski definition) is 6. The Morgan fingerprint density at radius 1 is 1.00 bits per heavy atom. The van der Waals surface area contributed by atoms with Gasteiger partial charge in [-0.25, -0.2) is 13.1 Å². The second-order valence-electron chi connectivity index (χ2n) is 5.79. The zero-order valence-corrected chi connectivity index (χ0v) is 15.1. The van der Waals surface area contributed by atoms with E-state index in [1.165, 1.54) is 0 Å². The van der Waals surface area contributed by atoms with Gasteiger partial charge in [0.1, 0.15) is 0 Å². The fraction of sp³-hybridized carbons (Fsp3) is 0.235. The Balaban J connectivity index is 1.96. The van der Waals surface area contributed by atoms with Gasteiger partial charge in [0.25, 0.3) is 5.91 Å². The van der Waals surface area contributed by atoms with Crippen LogP contribution in [0.5, 0.6) is 17.2 Å². The molecular formula is C17H20N2O6S. The number of amides is 1. The molecule has 0 bridgehead atoms. The summed E-state index contributed by atoms with van der Waals surface area (Å²) in [7, 11) is -3.71. The highest BCUT2D eigenvalue weighted by molar-refractivity contribution is 7.89. The summed E-state index contributed by atoms with van der Waals surface area (Å²) >= 11 is 0. The Hall–Kier alpha value is -2.78. The van der Waals surface area contributed by atoms with E-state index >= 15 is 0 Å². The van der Waals surface area contributed by atoms with E-state index in [0.29, 0.717) is 5.56 Å². The molecule has 2 rings (SSSR count). The maximum Gasteiger partial charge on any atom is 0.251 e. The lowest BCUT2D eigenvalue weighted by Crippen LogP contribution is -2.35. The van der Waals surface area contributed by atoms with Crippen LogP contribution in [0, 0.1) is 13.8 Å². The molecule has 0 fully saturated rings. The van der Waals surface area contributed by atoms with E-state index in [-0.39, 0.29) is 23.5 Å². The van der Waals surface area contributed by atoms with Crippen molar-refractivity contribution in [3.05, 3.63) is 47.0 Å². The summed E-state index contributed by atoms with van der Waals surface area (Å²) in [6.45, 7) is 3.43. The molecule has 8 nitrogen and oxygen atoms in total. The van der Waals surface area contributed by atoms with Crippen LogP contribution in [-0.4, -0.2) is 42.7 Å². The molecule has 0 unspecified atom stereocenters. The molecule has 0 aromatic heterocycles. The smallest absolute Gasteiger partial charge is 0.251 e. The maximum absolute atomic E-state index is 12.3. The van der Waals surface area contributed by atoms with Gasteiger partial charge < -0.3 is 20.6 Å². The van der Waals surface area contributed by atoms with Crippen molar-refractivity contribution in [2.45, 2.75) is 18.7 Å². The summed E-state index contributed by atoms with van der Waals surface area (Å²) in [5, 5.41) is 30.5. The second kappa shape index (κ2) is 7.63. The average molecular weight is 380 g/mol. The van der Waals surface area contributed by atoms with E-state index in [1.54, 1.807) is 26.0 Å². The van der Waals surface area contributed by atoms with Crippen LogP contribution < -0.4 is 10.0 Å². The van der Waals surface area contributed by atoms with E-state index in [0.717, 1.165) is 17.7 Å². The third-order valence-electron chi connectivity index (χ3n) is 3.67. The number of aryl methyl sites for hydroxylation is 2. The van der Waals surface area contributed by atoms with Crippen LogP contribution >= 0.6 is 0 Å². The summed E-state index contributed by atoms with van der Waals surface area (Å²) < 4.78 is 27.1. The fourth-order valence-corrected chi connectivity index (χ4v) is 3.63. The molecule has 0 spiro atoms. The first-order valence-corrected chi connectivity index (χ1v) is 9.20. The van der Waals surface area contributed by atoms with Crippen LogP contribution in [-0.2, 0) is 10.0 Å². The minimum atomic E-state index is -3.71. The van der Waals surface area contributed by atoms with Crippen molar-refractivity contribution in [1.29, 1.82) is 0 Å². The van der Waals surface area contributed by atoms with Gasteiger partial charge in [-0.3, -0.25) is 4.79 Å². The van der Waals surface area contributed by atoms with Crippen LogP contribution in [0.25, 0.3) is 0 Å². The molecule has 0 radical (unpaired) electrons. The summed E-state index contributed by atoms with van der Waals surface area (Å²) in [4.78, 5) is 12.1. The number of benzene rings is 2. The number of carbonyl (C=O) groups excluding carboxylic acids is 1. The highest BCUT2D eigenvalue weighted by Gasteiger charge is 2.17. The van der Waals surface area contributed by atoms with E-state index < -0.39 is 33.2 Å². The zero-order valence-electron chi connectivity index (χ0n) is 14.3. The molecular weight excluding hydrogens is 360 g/mol. The lowest BCUT2D eigenvalue weighted by molar-refractivity contribution is 0.0953. The largest absolute Gasteiger partial charge is 0.504 e. The predicted octanol–water partition coefficient (Wildman–Crippen LogP) is 1.13. The molecule has 1 amide bonds. The fourth-order valence-electron chi connectivity index (χ4n) is 2.27. The molecule has 0 aliphatic heterocycles. The normalized spacial score (nSPS) is 11.3. The predicted molar refractivity (Wildman–Crippen MR) is 94.9 cm³/mol. The van der Waals surface area contributed by atoms with Crippen LogP contribution in [0.15, 0.2) is 35.2 Å². The van der Waals surface area contributed by atoms with Gasteiger partial charge in [0.15, 0.2) is 17.2 Å². The first kappa shape index (κ1) is 19.5. The molecule has 140 valence electrons.